The van der Waals surface area contributed by atoms with Gasteiger partial charge in [0.2, 0.25) is 0 Å². The van der Waals surface area contributed by atoms with Gasteiger partial charge in [0, 0.05) is 17.3 Å². The minimum atomic E-state index is -4.96. The van der Waals surface area contributed by atoms with Crippen molar-refractivity contribution in [3.8, 4) is 5.75 Å². The number of rotatable bonds is 5. The lowest BCUT2D eigenvalue weighted by atomic mass is 10.1. The van der Waals surface area contributed by atoms with Gasteiger partial charge in [-0.1, -0.05) is 23.7 Å². The van der Waals surface area contributed by atoms with Crippen LogP contribution in [-0.2, 0) is 11.3 Å². The van der Waals surface area contributed by atoms with Crippen LogP contribution >= 0.6 is 11.6 Å². The summed E-state index contributed by atoms with van der Waals surface area (Å²) in [6, 6.07) is 10.2. The highest BCUT2D eigenvalue weighted by Gasteiger charge is 2.38. The van der Waals surface area contributed by atoms with Crippen LogP contribution in [0.5, 0.6) is 5.75 Å². The van der Waals surface area contributed by atoms with E-state index in [0.29, 0.717) is 16.3 Å². The molecule has 2 rings (SSSR count). The Morgan fingerprint density at radius 2 is 1.77 bits per heavy atom. The van der Waals surface area contributed by atoms with Crippen LogP contribution in [0, 0.1) is 0 Å². The lowest BCUT2D eigenvalue weighted by Crippen LogP contribution is -2.29. The molecule has 26 heavy (non-hydrogen) atoms. The number of benzene rings is 2. The average molecular weight is 387 g/mol. The van der Waals surface area contributed by atoms with Crippen LogP contribution in [-0.4, -0.2) is 25.1 Å². The summed E-state index contributed by atoms with van der Waals surface area (Å²) in [5, 5.41) is 4.77. The second-order valence-corrected chi connectivity index (χ2v) is 5.61. The van der Waals surface area contributed by atoms with Gasteiger partial charge < -0.3 is 15.4 Å². The fourth-order valence-electron chi connectivity index (χ4n) is 2.04. The molecule has 0 heterocycles. The number of ether oxygens (including phenoxy) is 1. The van der Waals surface area contributed by atoms with Gasteiger partial charge in [-0.3, -0.25) is 9.59 Å². The van der Waals surface area contributed by atoms with E-state index in [1.807, 2.05) is 0 Å². The van der Waals surface area contributed by atoms with Gasteiger partial charge >= 0.3 is 12.1 Å². The molecule has 0 aliphatic carbocycles. The van der Waals surface area contributed by atoms with Crippen molar-refractivity contribution in [1.82, 2.24) is 5.32 Å². The number of hydrogen-bond donors (Lipinski definition) is 2. The van der Waals surface area contributed by atoms with Crippen LogP contribution < -0.4 is 15.4 Å². The fraction of sp³-hybridized carbons (Fsp3) is 0.176. The molecule has 2 aromatic carbocycles. The molecule has 0 saturated carbocycles. The van der Waals surface area contributed by atoms with Crippen molar-refractivity contribution in [2.24, 2.45) is 0 Å². The molecular weight excluding hydrogens is 373 g/mol. The van der Waals surface area contributed by atoms with Crippen LogP contribution in [0.3, 0.4) is 0 Å². The monoisotopic (exact) mass is 386 g/mol. The van der Waals surface area contributed by atoms with Crippen LogP contribution in [0.2, 0.25) is 5.02 Å². The SMILES string of the molecule is COc1ccc(Cl)cc1C(=O)NCc1ccc(NC(=O)C(F)(F)F)cc1. The molecule has 0 fully saturated rings. The number of nitrogens with one attached hydrogen (secondary N) is 2. The Morgan fingerprint density at radius 1 is 1.12 bits per heavy atom. The van der Waals surface area contributed by atoms with E-state index >= 15 is 0 Å². The first-order chi connectivity index (χ1) is 12.2. The predicted molar refractivity (Wildman–Crippen MR) is 90.3 cm³/mol. The zero-order valence-electron chi connectivity index (χ0n) is 13.5. The van der Waals surface area contributed by atoms with Gasteiger partial charge in [-0.15, -0.1) is 0 Å². The lowest BCUT2D eigenvalue weighted by molar-refractivity contribution is -0.167. The van der Waals surface area contributed by atoms with Crippen LogP contribution in [0.25, 0.3) is 0 Å². The summed E-state index contributed by atoms with van der Waals surface area (Å²) in [4.78, 5) is 23.1. The van der Waals surface area contributed by atoms with Crippen molar-refractivity contribution < 1.29 is 27.5 Å². The van der Waals surface area contributed by atoms with Crippen molar-refractivity contribution in [3.63, 3.8) is 0 Å². The number of carbonyl (C=O) groups excluding carboxylic acids is 2. The van der Waals surface area contributed by atoms with E-state index in [1.165, 1.54) is 37.4 Å². The number of alkyl halides is 3. The lowest BCUT2D eigenvalue weighted by Gasteiger charge is -2.11. The zero-order valence-corrected chi connectivity index (χ0v) is 14.2. The fourth-order valence-corrected chi connectivity index (χ4v) is 2.22. The average Bonchev–Trinajstić information content (AvgIpc) is 2.60. The summed E-state index contributed by atoms with van der Waals surface area (Å²) in [5.74, 6) is -2.11. The van der Waals surface area contributed by atoms with Crippen LogP contribution in [0.1, 0.15) is 15.9 Å². The number of carbonyl (C=O) groups is 2. The maximum absolute atomic E-state index is 12.2. The zero-order chi connectivity index (χ0) is 19.3. The quantitative estimate of drug-likeness (QED) is 0.821. The third kappa shape index (κ3) is 5.13. The summed E-state index contributed by atoms with van der Waals surface area (Å²) in [7, 11) is 1.42. The largest absolute Gasteiger partial charge is 0.496 e. The molecule has 2 N–H and O–H groups in total. The summed E-state index contributed by atoms with van der Waals surface area (Å²) in [6.45, 7) is 0.127. The van der Waals surface area contributed by atoms with E-state index in [9.17, 15) is 22.8 Å². The molecule has 0 radical (unpaired) electrons. The molecule has 0 bridgehead atoms. The third-order valence-corrected chi connectivity index (χ3v) is 3.56. The molecule has 2 aromatic rings. The van der Waals surface area contributed by atoms with Crippen molar-refractivity contribution in [3.05, 3.63) is 58.6 Å². The van der Waals surface area contributed by atoms with Crippen molar-refractivity contribution >= 4 is 29.1 Å². The first-order valence-corrected chi connectivity index (χ1v) is 7.67. The Kier molecular flexibility index (Phi) is 6.10. The van der Waals surface area contributed by atoms with Gasteiger partial charge in [-0.2, -0.15) is 13.2 Å². The van der Waals surface area contributed by atoms with Crippen molar-refractivity contribution in [2.75, 3.05) is 12.4 Å². The molecule has 2 amide bonds. The summed E-state index contributed by atoms with van der Waals surface area (Å²) < 4.78 is 41.7. The number of halogens is 4. The molecule has 0 atom stereocenters. The van der Waals surface area contributed by atoms with Crippen molar-refractivity contribution in [1.29, 1.82) is 0 Å². The number of anilines is 1. The topological polar surface area (TPSA) is 67.4 Å². The summed E-state index contributed by atoms with van der Waals surface area (Å²) >= 11 is 5.88. The first kappa shape index (κ1) is 19.6. The molecule has 0 aliphatic heterocycles. The van der Waals surface area contributed by atoms with E-state index in [4.69, 9.17) is 16.3 Å². The number of hydrogen-bond acceptors (Lipinski definition) is 3. The Hall–Kier alpha value is -2.74. The van der Waals surface area contributed by atoms with E-state index in [1.54, 1.807) is 17.4 Å². The maximum Gasteiger partial charge on any atom is 0.471 e. The molecule has 0 aliphatic rings. The molecule has 0 saturated heterocycles. The summed E-state index contributed by atoms with van der Waals surface area (Å²) in [5.41, 5.74) is 0.886. The molecule has 0 spiro atoms. The Bertz CT molecular complexity index is 808. The van der Waals surface area contributed by atoms with Crippen LogP contribution in [0.4, 0.5) is 18.9 Å². The minimum Gasteiger partial charge on any atom is -0.496 e. The van der Waals surface area contributed by atoms with Gasteiger partial charge in [-0.25, -0.2) is 0 Å². The van der Waals surface area contributed by atoms with E-state index in [0.717, 1.165) is 0 Å². The Labute approximate surface area is 152 Å². The highest BCUT2D eigenvalue weighted by molar-refractivity contribution is 6.31. The number of amides is 2. The van der Waals surface area contributed by atoms with E-state index in [-0.39, 0.29) is 17.8 Å². The van der Waals surface area contributed by atoms with E-state index in [2.05, 4.69) is 5.32 Å². The molecular formula is C17H14ClF3N2O3. The second-order valence-electron chi connectivity index (χ2n) is 5.18. The highest BCUT2D eigenvalue weighted by atomic mass is 35.5. The maximum atomic E-state index is 12.2. The summed E-state index contributed by atoms with van der Waals surface area (Å²) in [6.07, 6.45) is -4.96. The van der Waals surface area contributed by atoms with Crippen molar-refractivity contribution in [2.45, 2.75) is 12.7 Å². The minimum absolute atomic E-state index is 0.00101. The Balaban J connectivity index is 1.99. The van der Waals surface area contributed by atoms with Gasteiger partial charge in [0.1, 0.15) is 5.75 Å². The normalized spacial score (nSPS) is 11.0. The highest BCUT2D eigenvalue weighted by Crippen LogP contribution is 2.23. The van der Waals surface area contributed by atoms with Gasteiger partial charge in [-0.05, 0) is 35.9 Å². The van der Waals surface area contributed by atoms with Gasteiger partial charge in [0.15, 0.2) is 0 Å². The predicted octanol–water partition coefficient (Wildman–Crippen LogP) is 3.78. The van der Waals surface area contributed by atoms with Gasteiger partial charge in [0.25, 0.3) is 5.91 Å². The van der Waals surface area contributed by atoms with Gasteiger partial charge in [0.05, 0.1) is 12.7 Å². The standard InChI is InChI=1S/C17H14ClF3N2O3/c1-26-14-7-4-11(18)8-13(14)15(24)22-9-10-2-5-12(6-3-10)23-16(25)17(19,20)21/h2-8H,9H2,1H3,(H,22,24)(H,23,25). The smallest absolute Gasteiger partial charge is 0.471 e. The van der Waals surface area contributed by atoms with E-state index < -0.39 is 18.0 Å². The first-order valence-electron chi connectivity index (χ1n) is 7.29. The number of methoxy groups -OCH3 is 1. The third-order valence-electron chi connectivity index (χ3n) is 3.33. The molecule has 5 nitrogen and oxygen atoms in total. The molecule has 9 heteroatoms. The Morgan fingerprint density at radius 3 is 2.35 bits per heavy atom. The molecule has 138 valence electrons. The second kappa shape index (κ2) is 8.09. The van der Waals surface area contributed by atoms with Crippen LogP contribution in [0.15, 0.2) is 42.5 Å². The molecule has 0 unspecified atom stereocenters. The molecule has 0 aromatic heterocycles.